The molecule has 2 aromatic heterocycles. The topological polar surface area (TPSA) is 97.2 Å². The van der Waals surface area contributed by atoms with Crippen molar-refractivity contribution in [3.8, 4) is 0 Å². The molecule has 1 aliphatic heterocycles. The molecule has 4 rings (SSSR count). The predicted molar refractivity (Wildman–Crippen MR) is 111 cm³/mol. The van der Waals surface area contributed by atoms with Crippen LogP contribution in [0.25, 0.3) is 0 Å². The molecule has 1 N–H and O–H groups in total. The Morgan fingerprint density at radius 3 is 2.67 bits per heavy atom. The van der Waals surface area contributed by atoms with Crippen molar-refractivity contribution in [1.29, 1.82) is 0 Å². The Morgan fingerprint density at radius 2 is 1.93 bits per heavy atom. The molecule has 0 spiro atoms. The number of rotatable bonds is 6. The standard InChI is InChI=1S/C21H23N5O3S/c1-16-5-7-20(8-6-16)30(28,29)25-14-18-9-11-24-26(18)19(15-25)12-21(27)23-13-17-4-2-3-10-22-17/h2-11,19H,12-15H2,1H3,(H,23,27). The van der Waals surface area contributed by atoms with Crippen molar-refractivity contribution < 1.29 is 13.2 Å². The van der Waals surface area contributed by atoms with Gasteiger partial charge in [-0.25, -0.2) is 8.42 Å². The number of amides is 1. The molecule has 0 saturated heterocycles. The molecular formula is C21H23N5O3S. The molecule has 30 heavy (non-hydrogen) atoms. The third-order valence-electron chi connectivity index (χ3n) is 5.12. The summed E-state index contributed by atoms with van der Waals surface area (Å²) in [6.07, 6.45) is 3.43. The van der Waals surface area contributed by atoms with Gasteiger partial charge in [0.1, 0.15) is 0 Å². The van der Waals surface area contributed by atoms with E-state index in [1.165, 1.54) is 4.31 Å². The molecule has 0 radical (unpaired) electrons. The number of fused-ring (bicyclic) bond motifs is 1. The molecule has 156 valence electrons. The van der Waals surface area contributed by atoms with Crippen molar-refractivity contribution in [2.75, 3.05) is 6.54 Å². The SMILES string of the molecule is Cc1ccc(S(=O)(=O)N2Cc3ccnn3C(CC(=O)NCc3ccccn3)C2)cc1. The van der Waals surface area contributed by atoms with Gasteiger partial charge in [0.15, 0.2) is 0 Å². The summed E-state index contributed by atoms with van der Waals surface area (Å²) in [6.45, 7) is 2.64. The number of aryl methyl sites for hydroxylation is 1. The van der Waals surface area contributed by atoms with Crippen LogP contribution in [0.15, 0.2) is 65.8 Å². The van der Waals surface area contributed by atoms with E-state index >= 15 is 0 Å². The Labute approximate surface area is 175 Å². The number of hydrogen-bond acceptors (Lipinski definition) is 5. The van der Waals surface area contributed by atoms with Gasteiger partial charge in [0, 0.05) is 18.9 Å². The minimum absolute atomic E-state index is 0.126. The maximum Gasteiger partial charge on any atom is 0.243 e. The highest BCUT2D eigenvalue weighted by molar-refractivity contribution is 7.89. The van der Waals surface area contributed by atoms with Gasteiger partial charge in [-0.3, -0.25) is 14.5 Å². The summed E-state index contributed by atoms with van der Waals surface area (Å²) in [5.74, 6) is -0.179. The van der Waals surface area contributed by atoms with Crippen LogP contribution < -0.4 is 5.32 Å². The minimum Gasteiger partial charge on any atom is -0.350 e. The lowest BCUT2D eigenvalue weighted by Crippen LogP contribution is -2.42. The van der Waals surface area contributed by atoms with Gasteiger partial charge in [0.25, 0.3) is 0 Å². The Balaban J connectivity index is 1.49. The van der Waals surface area contributed by atoms with E-state index in [0.717, 1.165) is 17.0 Å². The first-order valence-corrected chi connectivity index (χ1v) is 11.1. The Bertz CT molecular complexity index is 1130. The maximum atomic E-state index is 13.2. The smallest absolute Gasteiger partial charge is 0.243 e. The fourth-order valence-corrected chi connectivity index (χ4v) is 4.97. The highest BCUT2D eigenvalue weighted by Crippen LogP contribution is 2.28. The lowest BCUT2D eigenvalue weighted by molar-refractivity contribution is -0.122. The van der Waals surface area contributed by atoms with Gasteiger partial charge in [-0.05, 0) is 37.3 Å². The highest BCUT2D eigenvalue weighted by Gasteiger charge is 2.34. The molecule has 0 saturated carbocycles. The number of carbonyl (C=O) groups is 1. The summed E-state index contributed by atoms with van der Waals surface area (Å²) < 4.78 is 29.5. The number of aromatic nitrogens is 3. The molecule has 1 atom stereocenters. The van der Waals surface area contributed by atoms with Crippen molar-refractivity contribution in [3.05, 3.63) is 77.9 Å². The zero-order valence-corrected chi connectivity index (χ0v) is 17.4. The van der Waals surface area contributed by atoms with Crippen LogP contribution in [0.3, 0.4) is 0 Å². The Morgan fingerprint density at radius 1 is 1.13 bits per heavy atom. The Kier molecular flexibility index (Phi) is 5.65. The number of hydrogen-bond donors (Lipinski definition) is 1. The van der Waals surface area contributed by atoms with Gasteiger partial charge in [-0.2, -0.15) is 9.40 Å². The quantitative estimate of drug-likeness (QED) is 0.652. The number of nitrogens with zero attached hydrogens (tertiary/aromatic N) is 4. The molecule has 1 amide bonds. The van der Waals surface area contributed by atoms with Gasteiger partial charge in [0.05, 0.1) is 41.8 Å². The van der Waals surface area contributed by atoms with Crippen LogP contribution in [-0.4, -0.2) is 39.9 Å². The van der Waals surface area contributed by atoms with Gasteiger partial charge < -0.3 is 5.32 Å². The third-order valence-corrected chi connectivity index (χ3v) is 6.95. The summed E-state index contributed by atoms with van der Waals surface area (Å²) in [4.78, 5) is 17.0. The summed E-state index contributed by atoms with van der Waals surface area (Å²) >= 11 is 0. The van der Waals surface area contributed by atoms with E-state index in [1.54, 1.807) is 47.4 Å². The van der Waals surface area contributed by atoms with E-state index < -0.39 is 10.0 Å². The molecule has 0 fully saturated rings. The van der Waals surface area contributed by atoms with Crippen LogP contribution in [0, 0.1) is 6.92 Å². The number of pyridine rings is 1. The van der Waals surface area contributed by atoms with Gasteiger partial charge in [0.2, 0.25) is 15.9 Å². The first kappa shape index (κ1) is 20.2. The number of sulfonamides is 1. The minimum atomic E-state index is -3.67. The van der Waals surface area contributed by atoms with E-state index in [9.17, 15) is 13.2 Å². The second-order valence-electron chi connectivity index (χ2n) is 7.33. The second-order valence-corrected chi connectivity index (χ2v) is 9.27. The van der Waals surface area contributed by atoms with Crippen molar-refractivity contribution >= 4 is 15.9 Å². The van der Waals surface area contributed by atoms with Crippen molar-refractivity contribution in [2.24, 2.45) is 0 Å². The average molecular weight is 426 g/mol. The van der Waals surface area contributed by atoms with Crippen molar-refractivity contribution in [2.45, 2.75) is 37.4 Å². The van der Waals surface area contributed by atoms with Gasteiger partial charge >= 0.3 is 0 Å². The lowest BCUT2D eigenvalue weighted by Gasteiger charge is -2.33. The van der Waals surface area contributed by atoms with Crippen LogP contribution in [0.4, 0.5) is 0 Å². The first-order valence-electron chi connectivity index (χ1n) is 9.69. The van der Waals surface area contributed by atoms with E-state index in [2.05, 4.69) is 15.4 Å². The molecule has 3 aromatic rings. The van der Waals surface area contributed by atoms with E-state index in [0.29, 0.717) is 6.54 Å². The molecule has 0 bridgehead atoms. The third kappa shape index (κ3) is 4.27. The molecule has 3 heterocycles. The summed E-state index contributed by atoms with van der Waals surface area (Å²) in [5, 5.41) is 7.16. The maximum absolute atomic E-state index is 13.2. The summed E-state index contributed by atoms with van der Waals surface area (Å²) in [5.41, 5.74) is 2.52. The van der Waals surface area contributed by atoms with Crippen LogP contribution in [-0.2, 0) is 27.9 Å². The average Bonchev–Trinajstić information content (AvgIpc) is 3.22. The molecule has 1 aliphatic rings. The van der Waals surface area contributed by atoms with Crippen molar-refractivity contribution in [1.82, 2.24) is 24.4 Å². The summed E-state index contributed by atoms with van der Waals surface area (Å²) in [7, 11) is -3.67. The fourth-order valence-electron chi connectivity index (χ4n) is 3.52. The number of carbonyl (C=O) groups excluding carboxylic acids is 1. The van der Waals surface area contributed by atoms with Crippen LogP contribution in [0.1, 0.15) is 29.4 Å². The van der Waals surface area contributed by atoms with Crippen LogP contribution >= 0.6 is 0 Å². The normalized spacial score (nSPS) is 16.8. The van der Waals surface area contributed by atoms with Crippen LogP contribution in [0.5, 0.6) is 0 Å². The molecule has 0 aliphatic carbocycles. The van der Waals surface area contributed by atoms with E-state index in [1.807, 2.05) is 25.1 Å². The lowest BCUT2D eigenvalue weighted by atomic mass is 10.1. The number of benzene rings is 1. The van der Waals surface area contributed by atoms with Gasteiger partial charge in [-0.1, -0.05) is 23.8 Å². The zero-order chi connectivity index (χ0) is 21.1. The van der Waals surface area contributed by atoms with Crippen molar-refractivity contribution in [3.63, 3.8) is 0 Å². The molecule has 1 unspecified atom stereocenters. The molecule has 8 nitrogen and oxygen atoms in total. The van der Waals surface area contributed by atoms with E-state index in [4.69, 9.17) is 0 Å². The zero-order valence-electron chi connectivity index (χ0n) is 16.6. The largest absolute Gasteiger partial charge is 0.350 e. The molecular weight excluding hydrogens is 402 g/mol. The first-order chi connectivity index (χ1) is 14.4. The highest BCUT2D eigenvalue weighted by atomic mass is 32.2. The summed E-state index contributed by atoms with van der Waals surface area (Å²) in [6, 6.07) is 13.7. The van der Waals surface area contributed by atoms with E-state index in [-0.39, 0.29) is 36.4 Å². The van der Waals surface area contributed by atoms with Crippen LogP contribution in [0.2, 0.25) is 0 Å². The second kappa shape index (κ2) is 8.37. The fraction of sp³-hybridized carbons (Fsp3) is 0.286. The monoisotopic (exact) mass is 425 g/mol. The molecule has 1 aromatic carbocycles. The van der Waals surface area contributed by atoms with Gasteiger partial charge in [-0.15, -0.1) is 0 Å². The predicted octanol–water partition coefficient (Wildman–Crippen LogP) is 2.04. The number of nitrogens with one attached hydrogen (secondary N) is 1. The molecule has 9 heteroatoms. The Hall–Kier alpha value is -3.04.